The third-order valence-electron chi connectivity index (χ3n) is 5.38. The smallest absolute Gasteiger partial charge is 0.412 e. The van der Waals surface area contributed by atoms with Gasteiger partial charge in [0.05, 0.1) is 29.7 Å². The molecular formula is C25H20N4O7. The first kappa shape index (κ1) is 24.0. The van der Waals surface area contributed by atoms with Crippen molar-refractivity contribution in [2.75, 3.05) is 12.0 Å². The molecule has 11 heteroatoms. The highest BCUT2D eigenvalue weighted by atomic mass is 16.6. The lowest BCUT2D eigenvalue weighted by Crippen LogP contribution is -2.28. The highest BCUT2D eigenvalue weighted by Crippen LogP contribution is 2.34. The summed E-state index contributed by atoms with van der Waals surface area (Å²) in [5.74, 6) is 0.475. The van der Waals surface area contributed by atoms with Gasteiger partial charge in [-0.1, -0.05) is 12.1 Å². The molecule has 0 aliphatic carbocycles. The predicted octanol–water partition coefficient (Wildman–Crippen LogP) is 4.73. The molecular weight excluding hydrogens is 468 g/mol. The molecule has 3 N–H and O–H groups in total. The number of ether oxygens (including phenoxy) is 2. The summed E-state index contributed by atoms with van der Waals surface area (Å²) in [4.78, 5) is 39.4. The highest BCUT2D eigenvalue weighted by Gasteiger charge is 2.17. The second kappa shape index (κ2) is 9.97. The maximum Gasteiger partial charge on any atom is 0.412 e. The van der Waals surface area contributed by atoms with Crippen molar-refractivity contribution < 1.29 is 29.1 Å². The van der Waals surface area contributed by atoms with Gasteiger partial charge in [0.1, 0.15) is 17.2 Å². The number of carbonyl (C=O) groups excluding carboxylic acids is 1. The van der Waals surface area contributed by atoms with E-state index < -0.39 is 16.9 Å². The number of non-ortho nitro benzene ring substituents is 1. The van der Waals surface area contributed by atoms with Crippen LogP contribution in [0.4, 0.5) is 16.2 Å². The Labute approximate surface area is 204 Å². The average Bonchev–Trinajstić information content (AvgIpc) is 2.87. The fraction of sp³-hybridized carbons (Fsp3) is 0.0800. The number of nitrogens with zero attached hydrogens (tertiary/aromatic N) is 3. The summed E-state index contributed by atoms with van der Waals surface area (Å²) in [6.07, 6.45) is 0.362. The SMILES string of the molecule is COc1cc2nccc(Oc3ccc(N(Cc4ccc([N+](=O)[O-])cc4)C(=O)O)cc3)c2cc1C(N)=O. The molecule has 0 aliphatic heterocycles. The lowest BCUT2D eigenvalue weighted by atomic mass is 10.1. The van der Waals surface area contributed by atoms with Gasteiger partial charge in [-0.05, 0) is 42.0 Å². The van der Waals surface area contributed by atoms with Gasteiger partial charge in [-0.25, -0.2) is 4.79 Å². The Morgan fingerprint density at radius 3 is 2.33 bits per heavy atom. The third-order valence-corrected chi connectivity index (χ3v) is 5.38. The molecule has 2 amide bonds. The summed E-state index contributed by atoms with van der Waals surface area (Å²) in [5.41, 5.74) is 7.08. The Hall–Kier alpha value is -5.19. The zero-order chi connectivity index (χ0) is 25.8. The zero-order valence-corrected chi connectivity index (χ0v) is 19.0. The van der Waals surface area contributed by atoms with Crippen LogP contribution in [0.3, 0.4) is 0 Å². The van der Waals surface area contributed by atoms with Crippen LogP contribution >= 0.6 is 0 Å². The fourth-order valence-electron chi connectivity index (χ4n) is 3.59. The third kappa shape index (κ3) is 4.99. The van der Waals surface area contributed by atoms with E-state index in [4.69, 9.17) is 15.2 Å². The molecule has 0 fully saturated rings. The van der Waals surface area contributed by atoms with E-state index >= 15 is 0 Å². The highest BCUT2D eigenvalue weighted by molar-refractivity contribution is 6.01. The topological polar surface area (TPSA) is 158 Å². The first-order chi connectivity index (χ1) is 17.3. The molecule has 1 aromatic heterocycles. The van der Waals surface area contributed by atoms with Crippen LogP contribution in [0.1, 0.15) is 15.9 Å². The van der Waals surface area contributed by atoms with Crippen molar-refractivity contribution >= 4 is 34.3 Å². The number of anilines is 1. The zero-order valence-electron chi connectivity index (χ0n) is 19.0. The van der Waals surface area contributed by atoms with Crippen molar-refractivity contribution in [2.45, 2.75) is 6.54 Å². The number of primary amides is 1. The van der Waals surface area contributed by atoms with E-state index in [2.05, 4.69) is 4.98 Å². The number of nitro groups is 1. The largest absolute Gasteiger partial charge is 0.496 e. The Kier molecular flexibility index (Phi) is 6.63. The molecule has 0 saturated heterocycles. The number of nitro benzene ring substituents is 1. The molecule has 1 heterocycles. The summed E-state index contributed by atoms with van der Waals surface area (Å²) < 4.78 is 11.2. The molecule has 0 saturated carbocycles. The Morgan fingerprint density at radius 1 is 1.06 bits per heavy atom. The molecule has 182 valence electrons. The molecule has 4 rings (SSSR count). The maximum atomic E-state index is 11.9. The number of nitrogens with two attached hydrogens (primary N) is 1. The number of fused-ring (bicyclic) bond motifs is 1. The monoisotopic (exact) mass is 488 g/mol. The molecule has 4 aromatic rings. The molecule has 0 aliphatic rings. The van der Waals surface area contributed by atoms with Crippen LogP contribution in [-0.2, 0) is 6.54 Å². The van der Waals surface area contributed by atoms with Crippen molar-refractivity contribution in [3.05, 3.63) is 94.2 Å². The molecule has 0 bridgehead atoms. The summed E-state index contributed by atoms with van der Waals surface area (Å²) >= 11 is 0. The number of rotatable bonds is 8. The van der Waals surface area contributed by atoms with E-state index in [0.717, 1.165) is 4.90 Å². The van der Waals surface area contributed by atoms with Gasteiger partial charge in [0.2, 0.25) is 0 Å². The van der Waals surface area contributed by atoms with Crippen molar-refractivity contribution in [3.63, 3.8) is 0 Å². The molecule has 3 aromatic carbocycles. The van der Waals surface area contributed by atoms with Crippen LogP contribution in [0.5, 0.6) is 17.2 Å². The van der Waals surface area contributed by atoms with Gasteiger partial charge in [-0.2, -0.15) is 0 Å². The number of carboxylic acid groups (broad SMARTS) is 1. The molecule has 0 atom stereocenters. The van der Waals surface area contributed by atoms with Gasteiger partial charge >= 0.3 is 6.09 Å². The van der Waals surface area contributed by atoms with Crippen LogP contribution in [0, 0.1) is 10.1 Å². The van der Waals surface area contributed by atoms with Crippen molar-refractivity contribution in [2.24, 2.45) is 5.73 Å². The number of hydrogen-bond donors (Lipinski definition) is 2. The van der Waals surface area contributed by atoms with E-state index in [1.165, 1.54) is 31.4 Å². The summed E-state index contributed by atoms with van der Waals surface area (Å²) in [7, 11) is 1.43. The van der Waals surface area contributed by atoms with Crippen LogP contribution in [0.15, 0.2) is 72.9 Å². The van der Waals surface area contributed by atoms with Gasteiger partial charge < -0.3 is 20.3 Å². The van der Waals surface area contributed by atoms with Crippen molar-refractivity contribution in [3.8, 4) is 17.2 Å². The van der Waals surface area contributed by atoms with E-state index in [-0.39, 0.29) is 17.8 Å². The quantitative estimate of drug-likeness (QED) is 0.266. The number of pyridine rings is 1. The van der Waals surface area contributed by atoms with Crippen LogP contribution in [-0.4, -0.2) is 34.1 Å². The van der Waals surface area contributed by atoms with Gasteiger partial charge in [-0.15, -0.1) is 0 Å². The molecule has 36 heavy (non-hydrogen) atoms. The molecule has 0 unspecified atom stereocenters. The summed E-state index contributed by atoms with van der Waals surface area (Å²) in [5, 5.41) is 21.1. The van der Waals surface area contributed by atoms with E-state index in [9.17, 15) is 24.8 Å². The minimum atomic E-state index is -1.19. The average molecular weight is 488 g/mol. The second-order valence-corrected chi connectivity index (χ2v) is 7.63. The minimum Gasteiger partial charge on any atom is -0.496 e. The van der Waals surface area contributed by atoms with Crippen molar-refractivity contribution in [1.82, 2.24) is 4.98 Å². The number of hydrogen-bond acceptors (Lipinski definition) is 7. The first-order valence-electron chi connectivity index (χ1n) is 10.5. The Balaban J connectivity index is 1.58. The van der Waals surface area contributed by atoms with E-state index in [0.29, 0.717) is 39.4 Å². The number of methoxy groups -OCH3 is 1. The van der Waals surface area contributed by atoms with Gasteiger partial charge in [0, 0.05) is 35.5 Å². The Morgan fingerprint density at radius 2 is 1.75 bits per heavy atom. The molecule has 0 spiro atoms. The number of benzene rings is 3. The maximum absolute atomic E-state index is 11.9. The fourth-order valence-corrected chi connectivity index (χ4v) is 3.59. The summed E-state index contributed by atoms with van der Waals surface area (Å²) in [6.45, 7) is 0.000249. The van der Waals surface area contributed by atoms with Gasteiger partial charge in [-0.3, -0.25) is 24.8 Å². The van der Waals surface area contributed by atoms with Crippen molar-refractivity contribution in [1.29, 1.82) is 0 Å². The summed E-state index contributed by atoms with van der Waals surface area (Å²) in [6, 6.07) is 16.8. The van der Waals surface area contributed by atoms with Gasteiger partial charge in [0.25, 0.3) is 11.6 Å². The first-order valence-corrected chi connectivity index (χ1v) is 10.5. The number of carbonyl (C=O) groups is 2. The molecule has 11 nitrogen and oxygen atoms in total. The predicted molar refractivity (Wildman–Crippen MR) is 131 cm³/mol. The lowest BCUT2D eigenvalue weighted by Gasteiger charge is -2.20. The minimum absolute atomic E-state index is 0.000249. The molecule has 0 radical (unpaired) electrons. The van der Waals surface area contributed by atoms with E-state index in [1.54, 1.807) is 48.7 Å². The van der Waals surface area contributed by atoms with Crippen LogP contribution in [0.2, 0.25) is 0 Å². The number of amides is 2. The van der Waals surface area contributed by atoms with Gasteiger partial charge in [0.15, 0.2) is 0 Å². The van der Waals surface area contributed by atoms with Crippen LogP contribution in [0.25, 0.3) is 10.9 Å². The van der Waals surface area contributed by atoms with E-state index in [1.807, 2.05) is 0 Å². The number of aromatic nitrogens is 1. The van der Waals surface area contributed by atoms with Crippen LogP contribution < -0.4 is 20.1 Å². The normalized spacial score (nSPS) is 10.6. The lowest BCUT2D eigenvalue weighted by molar-refractivity contribution is -0.384. The standard InChI is InChI=1S/C25H20N4O7/c1-35-23-13-21-19(12-20(23)24(26)30)22(10-11-27-21)36-18-8-6-16(7-9-18)28(25(31)32)14-15-2-4-17(5-3-15)29(33)34/h2-13H,14H2,1H3,(H2,26,30)(H,31,32). The Bertz CT molecular complexity index is 1450. The second-order valence-electron chi connectivity index (χ2n) is 7.63.